The highest BCUT2D eigenvalue weighted by molar-refractivity contribution is 5.92. The fourth-order valence-corrected chi connectivity index (χ4v) is 4.19. The van der Waals surface area contributed by atoms with E-state index >= 15 is 0 Å². The summed E-state index contributed by atoms with van der Waals surface area (Å²) in [6.45, 7) is 8.14. The third-order valence-corrected chi connectivity index (χ3v) is 5.80. The quantitative estimate of drug-likeness (QED) is 0.830. The van der Waals surface area contributed by atoms with Crippen molar-refractivity contribution in [3.8, 4) is 0 Å². The topological polar surface area (TPSA) is 89.4 Å². The number of ether oxygens (including phenoxy) is 1. The SMILES string of the molecule is Cc1cccc(C(=O)N2CCC3(CC2)O[C@@H](C(=O)NCC(C)C)Cn2ccnc23)n1. The number of nitrogens with one attached hydrogen (secondary N) is 1. The van der Waals surface area contributed by atoms with Crippen molar-refractivity contribution in [2.45, 2.75) is 51.9 Å². The molecule has 0 aromatic carbocycles. The molecule has 1 atom stereocenters. The molecule has 0 bridgehead atoms. The van der Waals surface area contributed by atoms with E-state index in [4.69, 9.17) is 4.74 Å². The van der Waals surface area contributed by atoms with Crippen molar-refractivity contribution < 1.29 is 14.3 Å². The van der Waals surface area contributed by atoms with Gasteiger partial charge in [0.15, 0.2) is 6.10 Å². The number of aromatic nitrogens is 3. The first-order valence-electron chi connectivity index (χ1n) is 10.6. The summed E-state index contributed by atoms with van der Waals surface area (Å²) in [7, 11) is 0. The zero-order chi connectivity index (χ0) is 21.3. The first-order valence-corrected chi connectivity index (χ1v) is 10.6. The second kappa shape index (κ2) is 8.18. The third-order valence-electron chi connectivity index (χ3n) is 5.80. The number of likely N-dealkylation sites (tertiary alicyclic amines) is 1. The van der Waals surface area contributed by atoms with Crippen molar-refractivity contribution in [1.29, 1.82) is 0 Å². The number of fused-ring (bicyclic) bond motifs is 2. The molecule has 2 aromatic rings. The Bertz CT molecular complexity index is 930. The first kappa shape index (κ1) is 20.5. The van der Waals surface area contributed by atoms with Crippen LogP contribution in [0.1, 0.15) is 48.7 Å². The molecule has 2 aromatic heterocycles. The fraction of sp³-hybridized carbons (Fsp3) is 0.545. The van der Waals surface area contributed by atoms with Gasteiger partial charge in [-0.05, 0) is 25.0 Å². The largest absolute Gasteiger partial charge is 0.354 e. The molecule has 2 aliphatic rings. The van der Waals surface area contributed by atoms with Gasteiger partial charge in [0.1, 0.15) is 17.1 Å². The molecule has 0 saturated carbocycles. The molecule has 1 fully saturated rings. The van der Waals surface area contributed by atoms with Crippen molar-refractivity contribution in [2.24, 2.45) is 5.92 Å². The molecule has 4 heterocycles. The van der Waals surface area contributed by atoms with Crippen LogP contribution in [0.5, 0.6) is 0 Å². The van der Waals surface area contributed by atoms with Crippen molar-refractivity contribution >= 4 is 11.8 Å². The number of hydrogen-bond donors (Lipinski definition) is 1. The number of piperidine rings is 1. The molecule has 0 radical (unpaired) electrons. The van der Waals surface area contributed by atoms with Crippen molar-refractivity contribution in [2.75, 3.05) is 19.6 Å². The van der Waals surface area contributed by atoms with E-state index in [-0.39, 0.29) is 11.8 Å². The lowest BCUT2D eigenvalue weighted by atomic mass is 9.88. The van der Waals surface area contributed by atoms with Crippen molar-refractivity contribution in [3.63, 3.8) is 0 Å². The van der Waals surface area contributed by atoms with E-state index in [0.29, 0.717) is 50.6 Å². The molecule has 8 nitrogen and oxygen atoms in total. The molecule has 2 aliphatic heterocycles. The summed E-state index contributed by atoms with van der Waals surface area (Å²) < 4.78 is 8.41. The molecule has 0 unspecified atom stereocenters. The summed E-state index contributed by atoms with van der Waals surface area (Å²) in [6, 6.07) is 5.48. The molecule has 1 N–H and O–H groups in total. The lowest BCUT2D eigenvalue weighted by molar-refractivity contribution is -0.172. The molecule has 8 heteroatoms. The van der Waals surface area contributed by atoms with Gasteiger partial charge >= 0.3 is 0 Å². The molecule has 1 saturated heterocycles. The Balaban J connectivity index is 1.49. The van der Waals surface area contributed by atoms with E-state index in [1.54, 1.807) is 12.3 Å². The third kappa shape index (κ3) is 3.96. The van der Waals surface area contributed by atoms with E-state index in [2.05, 4.69) is 29.1 Å². The summed E-state index contributed by atoms with van der Waals surface area (Å²) in [4.78, 5) is 36.3. The van der Waals surface area contributed by atoms with Crippen LogP contribution in [0, 0.1) is 12.8 Å². The van der Waals surface area contributed by atoms with E-state index in [1.165, 1.54) is 0 Å². The van der Waals surface area contributed by atoms with Gasteiger partial charge in [0.05, 0.1) is 6.54 Å². The van der Waals surface area contributed by atoms with Crippen LogP contribution < -0.4 is 5.32 Å². The second-order valence-corrected chi connectivity index (χ2v) is 8.60. The van der Waals surface area contributed by atoms with Crippen LogP contribution in [0.3, 0.4) is 0 Å². The minimum absolute atomic E-state index is 0.0704. The van der Waals surface area contributed by atoms with Gasteiger partial charge in [-0.3, -0.25) is 9.59 Å². The highest BCUT2D eigenvalue weighted by atomic mass is 16.5. The van der Waals surface area contributed by atoms with E-state index < -0.39 is 11.7 Å². The summed E-state index contributed by atoms with van der Waals surface area (Å²) in [6.07, 6.45) is 4.27. The van der Waals surface area contributed by atoms with Crippen LogP contribution >= 0.6 is 0 Å². The molecule has 160 valence electrons. The number of imidazole rings is 1. The van der Waals surface area contributed by atoms with E-state index in [9.17, 15) is 9.59 Å². The molecular formula is C22H29N5O3. The van der Waals surface area contributed by atoms with Gasteiger partial charge in [-0.1, -0.05) is 19.9 Å². The normalized spacial score (nSPS) is 20.3. The Morgan fingerprint density at radius 1 is 1.30 bits per heavy atom. The van der Waals surface area contributed by atoms with E-state index in [1.807, 2.05) is 34.7 Å². The van der Waals surface area contributed by atoms with Gasteiger partial charge in [-0.25, -0.2) is 9.97 Å². The summed E-state index contributed by atoms with van der Waals surface area (Å²) in [5.41, 5.74) is 0.628. The predicted molar refractivity (Wildman–Crippen MR) is 111 cm³/mol. The Morgan fingerprint density at radius 3 is 2.77 bits per heavy atom. The van der Waals surface area contributed by atoms with Gasteiger partial charge < -0.3 is 19.5 Å². The van der Waals surface area contributed by atoms with E-state index in [0.717, 1.165) is 11.5 Å². The number of rotatable bonds is 4. The number of pyridine rings is 1. The molecule has 2 amide bonds. The Hall–Kier alpha value is -2.74. The van der Waals surface area contributed by atoms with Crippen LogP contribution in [-0.4, -0.2) is 57.0 Å². The van der Waals surface area contributed by atoms with Gasteiger partial charge in [0, 0.05) is 50.6 Å². The van der Waals surface area contributed by atoms with Crippen LogP contribution in [0.25, 0.3) is 0 Å². The standard InChI is InChI=1S/C22H29N5O3/c1-15(2)13-24-19(28)18-14-27-12-9-23-21(27)22(30-18)7-10-26(11-8-22)20(29)17-6-4-5-16(3)25-17/h4-6,9,12,15,18H,7-8,10-11,13-14H2,1-3H3,(H,24,28)/t18-/m1/s1. The Kier molecular flexibility index (Phi) is 5.60. The first-order chi connectivity index (χ1) is 14.4. The Labute approximate surface area is 176 Å². The Morgan fingerprint density at radius 2 is 2.07 bits per heavy atom. The van der Waals surface area contributed by atoms with Crippen LogP contribution in [0.4, 0.5) is 0 Å². The van der Waals surface area contributed by atoms with Crippen molar-refractivity contribution in [3.05, 3.63) is 47.8 Å². The smallest absolute Gasteiger partial charge is 0.272 e. The number of aryl methyl sites for hydroxylation is 1. The van der Waals surface area contributed by atoms with Crippen LogP contribution in [-0.2, 0) is 21.7 Å². The van der Waals surface area contributed by atoms with Crippen LogP contribution in [0.15, 0.2) is 30.6 Å². The summed E-state index contributed by atoms with van der Waals surface area (Å²) in [5, 5.41) is 2.98. The zero-order valence-corrected chi connectivity index (χ0v) is 17.8. The van der Waals surface area contributed by atoms with Gasteiger partial charge in [0.25, 0.3) is 11.8 Å². The van der Waals surface area contributed by atoms with Gasteiger partial charge in [-0.15, -0.1) is 0 Å². The lowest BCUT2D eigenvalue weighted by Crippen LogP contribution is -2.55. The second-order valence-electron chi connectivity index (χ2n) is 8.60. The predicted octanol–water partition coefficient (Wildman–Crippen LogP) is 1.89. The van der Waals surface area contributed by atoms with Gasteiger partial charge in [-0.2, -0.15) is 0 Å². The maximum Gasteiger partial charge on any atom is 0.272 e. The number of amides is 2. The molecule has 1 spiro atoms. The van der Waals surface area contributed by atoms with Crippen LogP contribution in [0.2, 0.25) is 0 Å². The minimum atomic E-state index is -0.654. The molecule has 30 heavy (non-hydrogen) atoms. The maximum absolute atomic E-state index is 12.9. The molecule has 0 aliphatic carbocycles. The minimum Gasteiger partial charge on any atom is -0.354 e. The molecular weight excluding hydrogens is 382 g/mol. The number of nitrogens with zero attached hydrogens (tertiary/aromatic N) is 4. The number of carbonyl (C=O) groups excluding carboxylic acids is 2. The van der Waals surface area contributed by atoms with Gasteiger partial charge in [0.2, 0.25) is 0 Å². The number of hydrogen-bond acceptors (Lipinski definition) is 5. The monoisotopic (exact) mass is 411 g/mol. The lowest BCUT2D eigenvalue weighted by Gasteiger charge is -2.45. The highest BCUT2D eigenvalue weighted by Crippen LogP contribution is 2.40. The maximum atomic E-state index is 12.9. The number of carbonyl (C=O) groups is 2. The average molecular weight is 412 g/mol. The average Bonchev–Trinajstić information content (AvgIpc) is 3.22. The highest BCUT2D eigenvalue weighted by Gasteiger charge is 2.47. The zero-order valence-electron chi connectivity index (χ0n) is 17.8. The fourth-order valence-electron chi connectivity index (χ4n) is 4.19. The molecule has 4 rings (SSSR count). The van der Waals surface area contributed by atoms with Crippen molar-refractivity contribution in [1.82, 2.24) is 24.8 Å². The summed E-state index contributed by atoms with van der Waals surface area (Å²) >= 11 is 0. The summed E-state index contributed by atoms with van der Waals surface area (Å²) in [5.74, 6) is 1.06.